The lowest BCUT2D eigenvalue weighted by molar-refractivity contribution is -0.117. The Morgan fingerprint density at radius 2 is 1.90 bits per heavy atom. The number of nitrogens with one attached hydrogen (secondary N) is 1. The fourth-order valence-electron chi connectivity index (χ4n) is 1.99. The van der Waals surface area contributed by atoms with E-state index in [2.05, 4.69) is 15.5 Å². The maximum atomic E-state index is 11.9. The second kappa shape index (κ2) is 5.62. The molecule has 0 fully saturated rings. The number of carbonyl (C=O) groups is 1. The molecule has 106 valence electrons. The van der Waals surface area contributed by atoms with Gasteiger partial charge in [-0.3, -0.25) is 4.79 Å². The molecule has 6 nitrogen and oxygen atoms in total. The molecule has 3 rings (SSSR count). The predicted octanol–water partition coefficient (Wildman–Crippen LogP) is 2.08. The van der Waals surface area contributed by atoms with Gasteiger partial charge in [0.25, 0.3) is 0 Å². The van der Waals surface area contributed by atoms with Crippen LogP contribution in [0.25, 0.3) is 11.0 Å². The molecule has 21 heavy (non-hydrogen) atoms. The number of rotatable bonds is 4. The molecule has 0 aliphatic carbocycles. The molecule has 0 aliphatic rings. The molecule has 2 aromatic carbocycles. The molecule has 1 amide bonds. The zero-order valence-corrected chi connectivity index (χ0v) is 11.5. The lowest BCUT2D eigenvalue weighted by Crippen LogP contribution is -2.20. The Bertz CT molecular complexity index is 768. The second-order valence-electron chi connectivity index (χ2n) is 4.50. The third kappa shape index (κ3) is 3.00. The topological polar surface area (TPSA) is 69.0 Å². The summed E-state index contributed by atoms with van der Waals surface area (Å²) in [5.41, 5.74) is 2.17. The van der Waals surface area contributed by atoms with Gasteiger partial charge in [-0.25, -0.2) is 0 Å². The number of fused-ring (bicyclic) bond motifs is 1. The van der Waals surface area contributed by atoms with Gasteiger partial charge >= 0.3 is 0 Å². The molecule has 1 N–H and O–H groups in total. The van der Waals surface area contributed by atoms with Crippen molar-refractivity contribution in [2.24, 2.45) is 0 Å². The Hall–Kier alpha value is -2.89. The fourth-order valence-corrected chi connectivity index (χ4v) is 1.99. The molecule has 6 heteroatoms. The van der Waals surface area contributed by atoms with Crippen LogP contribution >= 0.6 is 0 Å². The van der Waals surface area contributed by atoms with E-state index >= 15 is 0 Å². The van der Waals surface area contributed by atoms with Gasteiger partial charge in [-0.2, -0.15) is 15.0 Å². The Morgan fingerprint density at radius 1 is 1.14 bits per heavy atom. The van der Waals surface area contributed by atoms with Gasteiger partial charge in [-0.05, 0) is 24.3 Å². The van der Waals surface area contributed by atoms with Crippen molar-refractivity contribution in [1.29, 1.82) is 0 Å². The smallest absolute Gasteiger partial charge is 0.247 e. The van der Waals surface area contributed by atoms with Crippen molar-refractivity contribution >= 4 is 22.6 Å². The highest BCUT2D eigenvalue weighted by Crippen LogP contribution is 2.17. The largest absolute Gasteiger partial charge is 0.497 e. The maximum absolute atomic E-state index is 11.9. The average Bonchev–Trinajstić information content (AvgIpc) is 2.89. The number of benzene rings is 2. The van der Waals surface area contributed by atoms with E-state index in [1.54, 1.807) is 13.2 Å². The van der Waals surface area contributed by atoms with Gasteiger partial charge in [0, 0.05) is 11.8 Å². The van der Waals surface area contributed by atoms with Crippen molar-refractivity contribution in [3.63, 3.8) is 0 Å². The maximum Gasteiger partial charge on any atom is 0.247 e. The van der Waals surface area contributed by atoms with E-state index in [9.17, 15) is 4.79 Å². The van der Waals surface area contributed by atoms with Gasteiger partial charge in [0.2, 0.25) is 5.91 Å². The van der Waals surface area contributed by atoms with Crippen LogP contribution in [-0.2, 0) is 11.3 Å². The Morgan fingerprint density at radius 3 is 2.67 bits per heavy atom. The van der Waals surface area contributed by atoms with E-state index in [0.29, 0.717) is 11.3 Å². The molecule has 3 aromatic rings. The first-order valence-electron chi connectivity index (χ1n) is 6.48. The van der Waals surface area contributed by atoms with Crippen LogP contribution in [0.3, 0.4) is 0 Å². The SMILES string of the molecule is COc1ccc2nn(CC(=O)Nc3ccccc3)nc2c1. The summed E-state index contributed by atoms with van der Waals surface area (Å²) in [4.78, 5) is 13.3. The van der Waals surface area contributed by atoms with Crippen molar-refractivity contribution < 1.29 is 9.53 Å². The third-order valence-electron chi connectivity index (χ3n) is 2.97. The zero-order chi connectivity index (χ0) is 14.7. The van der Waals surface area contributed by atoms with Gasteiger partial charge in [0.1, 0.15) is 23.3 Å². The van der Waals surface area contributed by atoms with Crippen molar-refractivity contribution in [2.75, 3.05) is 12.4 Å². The third-order valence-corrected chi connectivity index (χ3v) is 2.97. The molecule has 1 aromatic heterocycles. The Balaban J connectivity index is 1.74. The number of hydrogen-bond acceptors (Lipinski definition) is 4. The quantitative estimate of drug-likeness (QED) is 0.795. The summed E-state index contributed by atoms with van der Waals surface area (Å²) in [6, 6.07) is 14.7. The Labute approximate surface area is 121 Å². The summed E-state index contributed by atoms with van der Waals surface area (Å²) in [7, 11) is 1.60. The highest BCUT2D eigenvalue weighted by atomic mass is 16.5. The summed E-state index contributed by atoms with van der Waals surface area (Å²) in [6.07, 6.45) is 0. The zero-order valence-electron chi connectivity index (χ0n) is 11.5. The fraction of sp³-hybridized carbons (Fsp3) is 0.133. The van der Waals surface area contributed by atoms with Crippen molar-refractivity contribution in [1.82, 2.24) is 15.0 Å². The van der Waals surface area contributed by atoms with E-state index < -0.39 is 0 Å². The highest BCUT2D eigenvalue weighted by Gasteiger charge is 2.08. The van der Waals surface area contributed by atoms with E-state index in [4.69, 9.17) is 4.74 Å². The minimum Gasteiger partial charge on any atom is -0.497 e. The van der Waals surface area contributed by atoms with E-state index in [1.807, 2.05) is 42.5 Å². The molecule has 1 heterocycles. The van der Waals surface area contributed by atoms with Gasteiger partial charge in [0.05, 0.1) is 7.11 Å². The number of methoxy groups -OCH3 is 1. The number of ether oxygens (including phenoxy) is 1. The molecular formula is C15H14N4O2. The van der Waals surface area contributed by atoms with Crippen molar-refractivity contribution in [3.05, 3.63) is 48.5 Å². The first-order valence-corrected chi connectivity index (χ1v) is 6.48. The van der Waals surface area contributed by atoms with Crippen LogP contribution in [0, 0.1) is 0 Å². The first kappa shape index (κ1) is 13.1. The van der Waals surface area contributed by atoms with Crippen LogP contribution in [0.1, 0.15) is 0 Å². The normalized spacial score (nSPS) is 10.5. The number of amides is 1. The number of para-hydroxylation sites is 1. The average molecular weight is 282 g/mol. The number of nitrogens with zero attached hydrogens (tertiary/aromatic N) is 3. The molecule has 0 bridgehead atoms. The van der Waals surface area contributed by atoms with Gasteiger partial charge in [-0.1, -0.05) is 18.2 Å². The van der Waals surface area contributed by atoms with Crippen LogP contribution in [0.15, 0.2) is 48.5 Å². The molecule has 0 unspecified atom stereocenters. The van der Waals surface area contributed by atoms with Gasteiger partial charge < -0.3 is 10.1 Å². The van der Waals surface area contributed by atoms with Gasteiger partial charge in [-0.15, -0.1) is 0 Å². The first-order chi connectivity index (χ1) is 10.2. The van der Waals surface area contributed by atoms with E-state index in [-0.39, 0.29) is 12.5 Å². The molecule has 0 saturated carbocycles. The molecule has 0 aliphatic heterocycles. The minimum atomic E-state index is -0.173. The summed E-state index contributed by atoms with van der Waals surface area (Å²) < 4.78 is 5.14. The summed E-state index contributed by atoms with van der Waals surface area (Å²) in [5.74, 6) is 0.539. The van der Waals surface area contributed by atoms with Crippen LogP contribution in [0.4, 0.5) is 5.69 Å². The number of aromatic nitrogens is 3. The molecular weight excluding hydrogens is 268 g/mol. The molecule has 0 atom stereocenters. The Kier molecular flexibility index (Phi) is 3.51. The van der Waals surface area contributed by atoms with Crippen LogP contribution < -0.4 is 10.1 Å². The predicted molar refractivity (Wildman–Crippen MR) is 79.2 cm³/mol. The van der Waals surface area contributed by atoms with Gasteiger partial charge in [0.15, 0.2) is 0 Å². The monoisotopic (exact) mass is 282 g/mol. The second-order valence-corrected chi connectivity index (χ2v) is 4.50. The highest BCUT2D eigenvalue weighted by molar-refractivity contribution is 5.90. The van der Waals surface area contributed by atoms with E-state index in [1.165, 1.54) is 4.80 Å². The van der Waals surface area contributed by atoms with Crippen LogP contribution in [0.2, 0.25) is 0 Å². The molecule has 0 radical (unpaired) electrons. The van der Waals surface area contributed by atoms with Crippen molar-refractivity contribution in [2.45, 2.75) is 6.54 Å². The van der Waals surface area contributed by atoms with Crippen LogP contribution in [-0.4, -0.2) is 28.0 Å². The number of carbonyl (C=O) groups excluding carboxylic acids is 1. The summed E-state index contributed by atoms with van der Waals surface area (Å²) in [6.45, 7) is 0.0614. The lowest BCUT2D eigenvalue weighted by atomic mass is 10.3. The summed E-state index contributed by atoms with van der Waals surface area (Å²) in [5, 5.41) is 11.3. The van der Waals surface area contributed by atoms with Crippen molar-refractivity contribution in [3.8, 4) is 5.75 Å². The summed E-state index contributed by atoms with van der Waals surface area (Å²) >= 11 is 0. The standard InChI is InChI=1S/C15H14N4O2/c1-21-12-7-8-13-14(9-12)18-19(17-13)10-15(20)16-11-5-3-2-4-6-11/h2-9H,10H2,1H3,(H,16,20). The molecule has 0 saturated heterocycles. The minimum absolute atomic E-state index is 0.0614. The molecule has 0 spiro atoms. The lowest BCUT2D eigenvalue weighted by Gasteiger charge is -2.03. The number of anilines is 1. The van der Waals surface area contributed by atoms with Crippen LogP contribution in [0.5, 0.6) is 5.75 Å². The van der Waals surface area contributed by atoms with E-state index in [0.717, 1.165) is 11.2 Å². The number of hydrogen-bond donors (Lipinski definition) is 1.